The average molecular weight is 303 g/mol. The SMILES string of the molecule is CCCN(C(=O)c1ccc(C)s1)C1CCNCC1.Cl. The van der Waals surface area contributed by atoms with Crippen LogP contribution in [-0.4, -0.2) is 36.5 Å². The van der Waals surface area contributed by atoms with Crippen molar-refractivity contribution < 1.29 is 4.79 Å². The molecule has 1 aliphatic rings. The Morgan fingerprint density at radius 2 is 2.11 bits per heavy atom. The van der Waals surface area contributed by atoms with Crippen LogP contribution in [0, 0.1) is 6.92 Å². The Morgan fingerprint density at radius 3 is 2.63 bits per heavy atom. The number of nitrogens with zero attached hydrogens (tertiary/aromatic N) is 1. The van der Waals surface area contributed by atoms with Crippen LogP contribution in [0.15, 0.2) is 12.1 Å². The minimum atomic E-state index is 0. The normalized spacial score (nSPS) is 15.9. The van der Waals surface area contributed by atoms with Gasteiger partial charge in [0.2, 0.25) is 0 Å². The molecular weight excluding hydrogens is 280 g/mol. The summed E-state index contributed by atoms with van der Waals surface area (Å²) < 4.78 is 0. The molecule has 0 saturated carbocycles. The van der Waals surface area contributed by atoms with E-state index in [1.54, 1.807) is 11.3 Å². The number of hydrogen-bond acceptors (Lipinski definition) is 3. The lowest BCUT2D eigenvalue weighted by atomic mass is 10.0. The first-order chi connectivity index (χ1) is 8.72. The summed E-state index contributed by atoms with van der Waals surface area (Å²) in [7, 11) is 0. The van der Waals surface area contributed by atoms with E-state index in [0.29, 0.717) is 6.04 Å². The van der Waals surface area contributed by atoms with Gasteiger partial charge in [-0.2, -0.15) is 0 Å². The molecule has 0 aliphatic carbocycles. The molecule has 2 rings (SSSR count). The van der Waals surface area contributed by atoms with E-state index < -0.39 is 0 Å². The predicted octanol–water partition coefficient (Wildman–Crippen LogP) is 3.08. The Morgan fingerprint density at radius 1 is 1.42 bits per heavy atom. The van der Waals surface area contributed by atoms with Gasteiger partial charge in [0.05, 0.1) is 4.88 Å². The molecule has 1 N–H and O–H groups in total. The Labute approximate surface area is 125 Å². The molecule has 108 valence electrons. The first kappa shape index (κ1) is 16.5. The van der Waals surface area contributed by atoms with Crippen molar-refractivity contribution in [3.05, 3.63) is 21.9 Å². The van der Waals surface area contributed by atoms with Crippen LogP contribution in [0.5, 0.6) is 0 Å². The third-order valence-corrected chi connectivity index (χ3v) is 4.41. The zero-order valence-electron chi connectivity index (χ0n) is 11.6. The molecule has 1 fully saturated rings. The zero-order valence-corrected chi connectivity index (χ0v) is 13.3. The number of piperidine rings is 1. The smallest absolute Gasteiger partial charge is 0.264 e. The van der Waals surface area contributed by atoms with Crippen molar-refractivity contribution in [2.45, 2.75) is 39.2 Å². The molecule has 1 aliphatic heterocycles. The molecule has 0 bridgehead atoms. The Kier molecular flexibility index (Phi) is 6.83. The topological polar surface area (TPSA) is 32.3 Å². The molecular formula is C14H23ClN2OS. The van der Waals surface area contributed by atoms with E-state index in [4.69, 9.17) is 0 Å². The van der Waals surface area contributed by atoms with Gasteiger partial charge in [-0.3, -0.25) is 4.79 Å². The van der Waals surface area contributed by atoms with Crippen LogP contribution in [0.2, 0.25) is 0 Å². The molecule has 19 heavy (non-hydrogen) atoms. The third-order valence-electron chi connectivity index (χ3n) is 3.43. The molecule has 1 saturated heterocycles. The van der Waals surface area contributed by atoms with E-state index in [1.807, 2.05) is 12.1 Å². The van der Waals surface area contributed by atoms with Crippen molar-refractivity contribution >= 4 is 29.7 Å². The fourth-order valence-electron chi connectivity index (χ4n) is 2.50. The highest BCUT2D eigenvalue weighted by molar-refractivity contribution is 7.13. The van der Waals surface area contributed by atoms with Crippen molar-refractivity contribution in [1.29, 1.82) is 0 Å². The van der Waals surface area contributed by atoms with Gasteiger partial charge in [-0.15, -0.1) is 23.7 Å². The highest BCUT2D eigenvalue weighted by Gasteiger charge is 2.26. The van der Waals surface area contributed by atoms with E-state index in [1.165, 1.54) is 4.88 Å². The number of thiophene rings is 1. The maximum absolute atomic E-state index is 12.6. The molecule has 0 aromatic carbocycles. The summed E-state index contributed by atoms with van der Waals surface area (Å²) in [6, 6.07) is 4.41. The Hall–Kier alpha value is -0.580. The lowest BCUT2D eigenvalue weighted by molar-refractivity contribution is 0.0647. The highest BCUT2D eigenvalue weighted by Crippen LogP contribution is 2.21. The third kappa shape index (κ3) is 4.20. The van der Waals surface area contributed by atoms with Crippen LogP contribution in [0.1, 0.15) is 40.7 Å². The number of carbonyl (C=O) groups excluding carboxylic acids is 1. The average Bonchev–Trinajstić information content (AvgIpc) is 2.83. The second-order valence-electron chi connectivity index (χ2n) is 4.89. The Bertz CT molecular complexity index is 402. The van der Waals surface area contributed by atoms with Gasteiger partial charge in [-0.1, -0.05) is 6.92 Å². The summed E-state index contributed by atoms with van der Waals surface area (Å²) >= 11 is 1.61. The molecule has 0 spiro atoms. The van der Waals surface area contributed by atoms with Crippen molar-refractivity contribution in [3.8, 4) is 0 Å². The first-order valence-electron chi connectivity index (χ1n) is 6.80. The summed E-state index contributed by atoms with van der Waals surface area (Å²) in [5.74, 6) is 0.224. The number of hydrogen-bond donors (Lipinski definition) is 1. The van der Waals surface area contributed by atoms with Crippen molar-refractivity contribution in [1.82, 2.24) is 10.2 Å². The molecule has 5 heteroatoms. The van der Waals surface area contributed by atoms with Crippen LogP contribution in [0.4, 0.5) is 0 Å². The fraction of sp³-hybridized carbons (Fsp3) is 0.643. The van der Waals surface area contributed by atoms with E-state index >= 15 is 0 Å². The number of halogens is 1. The molecule has 1 amide bonds. The molecule has 1 aromatic heterocycles. The monoisotopic (exact) mass is 302 g/mol. The minimum absolute atomic E-state index is 0. The summed E-state index contributed by atoms with van der Waals surface area (Å²) in [5.41, 5.74) is 0. The quantitative estimate of drug-likeness (QED) is 0.927. The van der Waals surface area contributed by atoms with Crippen molar-refractivity contribution in [2.24, 2.45) is 0 Å². The van der Waals surface area contributed by atoms with Gasteiger partial charge >= 0.3 is 0 Å². The molecule has 0 atom stereocenters. The van der Waals surface area contributed by atoms with E-state index in [0.717, 1.165) is 43.8 Å². The molecule has 3 nitrogen and oxygen atoms in total. The van der Waals surface area contributed by atoms with Gasteiger partial charge in [0.25, 0.3) is 5.91 Å². The summed E-state index contributed by atoms with van der Waals surface area (Å²) in [6.07, 6.45) is 3.19. The van der Waals surface area contributed by atoms with Gasteiger partial charge < -0.3 is 10.2 Å². The summed E-state index contributed by atoms with van der Waals surface area (Å²) in [6.45, 7) is 7.13. The predicted molar refractivity (Wildman–Crippen MR) is 83.5 cm³/mol. The highest BCUT2D eigenvalue weighted by atomic mass is 35.5. The zero-order chi connectivity index (χ0) is 13.0. The summed E-state index contributed by atoms with van der Waals surface area (Å²) in [4.78, 5) is 16.7. The first-order valence-corrected chi connectivity index (χ1v) is 7.62. The maximum atomic E-state index is 12.6. The van der Waals surface area contributed by atoms with Crippen LogP contribution in [0.3, 0.4) is 0 Å². The second-order valence-corrected chi connectivity index (χ2v) is 6.18. The molecule has 0 radical (unpaired) electrons. The van der Waals surface area contributed by atoms with E-state index in [-0.39, 0.29) is 18.3 Å². The number of amides is 1. The lowest BCUT2D eigenvalue weighted by Gasteiger charge is -2.34. The number of carbonyl (C=O) groups is 1. The fourth-order valence-corrected chi connectivity index (χ4v) is 3.32. The van der Waals surface area contributed by atoms with Gasteiger partial charge in [0.1, 0.15) is 0 Å². The van der Waals surface area contributed by atoms with Gasteiger partial charge in [0.15, 0.2) is 0 Å². The van der Waals surface area contributed by atoms with Gasteiger partial charge in [0, 0.05) is 17.5 Å². The summed E-state index contributed by atoms with van der Waals surface area (Å²) in [5, 5.41) is 3.36. The van der Waals surface area contributed by atoms with E-state index in [2.05, 4.69) is 24.1 Å². The van der Waals surface area contributed by atoms with Crippen LogP contribution in [-0.2, 0) is 0 Å². The van der Waals surface area contributed by atoms with Crippen LogP contribution >= 0.6 is 23.7 Å². The number of rotatable bonds is 4. The maximum Gasteiger partial charge on any atom is 0.264 e. The lowest BCUT2D eigenvalue weighted by Crippen LogP contribution is -2.46. The molecule has 1 aromatic rings. The second kappa shape index (κ2) is 7.88. The van der Waals surface area contributed by atoms with E-state index in [9.17, 15) is 4.79 Å². The molecule has 2 heterocycles. The van der Waals surface area contributed by atoms with Crippen molar-refractivity contribution in [2.75, 3.05) is 19.6 Å². The number of nitrogens with one attached hydrogen (secondary N) is 1. The number of aryl methyl sites for hydroxylation is 1. The standard InChI is InChI=1S/C14H22N2OS.ClH/c1-3-10-16(12-6-8-15-9-7-12)14(17)13-5-4-11(2)18-13;/h4-5,12,15H,3,6-10H2,1-2H3;1H. The minimum Gasteiger partial charge on any atom is -0.335 e. The van der Waals surface area contributed by atoms with Gasteiger partial charge in [-0.25, -0.2) is 0 Å². The molecule has 0 unspecified atom stereocenters. The van der Waals surface area contributed by atoms with Gasteiger partial charge in [-0.05, 0) is 51.4 Å². The van der Waals surface area contributed by atoms with Crippen molar-refractivity contribution in [3.63, 3.8) is 0 Å². The van der Waals surface area contributed by atoms with Crippen LogP contribution in [0.25, 0.3) is 0 Å². The Balaban J connectivity index is 0.00000180. The largest absolute Gasteiger partial charge is 0.335 e. The van der Waals surface area contributed by atoms with Crippen LogP contribution < -0.4 is 5.32 Å².